The van der Waals surface area contributed by atoms with Crippen LogP contribution in [0.3, 0.4) is 0 Å². The molecule has 0 aromatic heterocycles. The average molecular weight is 315 g/mol. The van der Waals surface area contributed by atoms with Gasteiger partial charge in [-0.05, 0) is 37.6 Å². The van der Waals surface area contributed by atoms with Gasteiger partial charge >= 0.3 is 0 Å². The number of nitrogens with zero attached hydrogens (tertiary/aromatic N) is 1. The Morgan fingerprint density at radius 1 is 1.53 bits per heavy atom. The van der Waals surface area contributed by atoms with E-state index in [-0.39, 0.29) is 11.9 Å². The first kappa shape index (κ1) is 14.1. The third-order valence-corrected chi connectivity index (χ3v) is 3.95. The molecule has 2 N–H and O–H groups in total. The molecule has 1 unspecified atom stereocenters. The summed E-state index contributed by atoms with van der Waals surface area (Å²) in [5.74, 6) is -0.0825. The van der Waals surface area contributed by atoms with E-state index in [1.165, 1.54) is 0 Å². The van der Waals surface area contributed by atoms with Gasteiger partial charge in [0.05, 0.1) is 11.0 Å². The Bertz CT molecular complexity index is 462. The van der Waals surface area contributed by atoms with E-state index in [1.807, 2.05) is 26.0 Å². The summed E-state index contributed by atoms with van der Waals surface area (Å²) in [6.07, 6.45) is 0. The normalized spacial score (nSPS) is 12.0. The number of likely N-dealkylation sites (N-methyl/N-ethyl adjacent to an activating group) is 1. The molecule has 0 fully saturated rings. The number of nitrogens with two attached hydrogens (primary N) is 1. The zero-order valence-electron chi connectivity index (χ0n) is 10.0. The lowest BCUT2D eigenvalue weighted by Gasteiger charge is -2.24. The fraction of sp³-hybridized carbons (Fsp3) is 0.333. The van der Waals surface area contributed by atoms with Crippen LogP contribution in [0.2, 0.25) is 0 Å². The maximum Gasteiger partial charge on any atom is 0.254 e. The molecule has 0 saturated heterocycles. The minimum absolute atomic E-state index is 0.0825. The van der Waals surface area contributed by atoms with Crippen LogP contribution >= 0.6 is 28.1 Å². The zero-order valence-corrected chi connectivity index (χ0v) is 12.4. The smallest absolute Gasteiger partial charge is 0.254 e. The third kappa shape index (κ3) is 3.26. The van der Waals surface area contributed by atoms with E-state index in [9.17, 15) is 4.79 Å². The summed E-state index contributed by atoms with van der Waals surface area (Å²) in [6, 6.07) is 5.24. The molecule has 0 radical (unpaired) electrons. The molecule has 0 saturated carbocycles. The lowest BCUT2D eigenvalue weighted by atomic mass is 10.1. The Morgan fingerprint density at radius 2 is 2.12 bits per heavy atom. The average Bonchev–Trinajstić information content (AvgIpc) is 2.29. The van der Waals surface area contributed by atoms with Crippen LogP contribution in [0.1, 0.15) is 22.8 Å². The number of thiocarbonyl (C=S) groups is 1. The highest BCUT2D eigenvalue weighted by atomic mass is 79.9. The standard InChI is InChI=1S/C12H15BrN2OS/c1-7-6-9(4-5-10(7)13)12(16)15(3)8(2)11(14)17/h4-6,8H,1-3H3,(H2,14,17). The number of benzene rings is 1. The van der Waals surface area contributed by atoms with Crippen molar-refractivity contribution in [2.75, 3.05) is 7.05 Å². The van der Waals surface area contributed by atoms with E-state index < -0.39 is 0 Å². The molecule has 1 aromatic rings. The molecule has 0 aliphatic carbocycles. The summed E-state index contributed by atoms with van der Waals surface area (Å²) < 4.78 is 0.985. The SMILES string of the molecule is Cc1cc(C(=O)N(C)C(C)C(N)=S)ccc1Br. The number of carbonyl (C=O) groups is 1. The Morgan fingerprint density at radius 3 is 2.59 bits per heavy atom. The van der Waals surface area contributed by atoms with E-state index in [0.717, 1.165) is 10.0 Å². The van der Waals surface area contributed by atoms with Crippen molar-refractivity contribution >= 4 is 39.0 Å². The van der Waals surface area contributed by atoms with Gasteiger partial charge in [0, 0.05) is 17.1 Å². The van der Waals surface area contributed by atoms with Gasteiger partial charge in [-0.2, -0.15) is 0 Å². The van der Waals surface area contributed by atoms with E-state index in [2.05, 4.69) is 15.9 Å². The maximum absolute atomic E-state index is 12.1. The number of rotatable bonds is 3. The molecule has 3 nitrogen and oxygen atoms in total. The van der Waals surface area contributed by atoms with Crippen molar-refractivity contribution in [1.29, 1.82) is 0 Å². The lowest BCUT2D eigenvalue weighted by molar-refractivity contribution is 0.0779. The van der Waals surface area contributed by atoms with Gasteiger partial charge in [0.25, 0.3) is 5.91 Å². The molecule has 1 atom stereocenters. The lowest BCUT2D eigenvalue weighted by Crippen LogP contribution is -2.42. The predicted molar refractivity (Wildman–Crippen MR) is 77.2 cm³/mol. The van der Waals surface area contributed by atoms with Gasteiger partial charge in [0.15, 0.2) is 0 Å². The van der Waals surface area contributed by atoms with Crippen LogP contribution in [-0.2, 0) is 0 Å². The van der Waals surface area contributed by atoms with E-state index >= 15 is 0 Å². The number of amides is 1. The van der Waals surface area contributed by atoms with Crippen LogP contribution in [0, 0.1) is 6.92 Å². The number of carbonyl (C=O) groups excluding carboxylic acids is 1. The van der Waals surface area contributed by atoms with Gasteiger partial charge in [-0.25, -0.2) is 0 Å². The third-order valence-electron chi connectivity index (χ3n) is 2.72. The molecule has 17 heavy (non-hydrogen) atoms. The quantitative estimate of drug-likeness (QED) is 0.872. The Hall–Kier alpha value is -0.940. The first-order valence-electron chi connectivity index (χ1n) is 5.17. The molecular weight excluding hydrogens is 300 g/mol. The van der Waals surface area contributed by atoms with Crippen LogP contribution in [-0.4, -0.2) is 28.9 Å². The Balaban J connectivity index is 2.96. The fourth-order valence-electron chi connectivity index (χ4n) is 1.35. The van der Waals surface area contributed by atoms with E-state index in [1.54, 1.807) is 18.0 Å². The van der Waals surface area contributed by atoms with Gasteiger partial charge in [0.2, 0.25) is 0 Å². The van der Waals surface area contributed by atoms with Crippen LogP contribution in [0.5, 0.6) is 0 Å². The predicted octanol–water partition coefficient (Wildman–Crippen LogP) is 2.50. The van der Waals surface area contributed by atoms with Crippen molar-refractivity contribution < 1.29 is 4.79 Å². The van der Waals surface area contributed by atoms with E-state index in [4.69, 9.17) is 18.0 Å². The fourth-order valence-corrected chi connectivity index (χ4v) is 1.75. The summed E-state index contributed by atoms with van der Waals surface area (Å²) in [4.78, 5) is 14.0. The van der Waals surface area contributed by atoms with Gasteiger partial charge in [-0.3, -0.25) is 4.79 Å². The Kier molecular flexibility index (Phi) is 4.65. The highest BCUT2D eigenvalue weighted by Crippen LogP contribution is 2.18. The molecule has 0 aliphatic heterocycles. The molecule has 0 bridgehead atoms. The summed E-state index contributed by atoms with van der Waals surface area (Å²) in [7, 11) is 1.70. The van der Waals surface area contributed by atoms with Gasteiger partial charge in [-0.1, -0.05) is 28.1 Å². The van der Waals surface area contributed by atoms with Crippen LogP contribution in [0.4, 0.5) is 0 Å². The van der Waals surface area contributed by atoms with Gasteiger partial charge in [0.1, 0.15) is 0 Å². The number of hydrogen-bond donors (Lipinski definition) is 1. The molecule has 0 spiro atoms. The zero-order chi connectivity index (χ0) is 13.2. The number of halogens is 1. The molecule has 92 valence electrons. The first-order chi connectivity index (χ1) is 7.84. The highest BCUT2D eigenvalue weighted by molar-refractivity contribution is 9.10. The number of aryl methyl sites for hydroxylation is 1. The van der Waals surface area contributed by atoms with Crippen molar-refractivity contribution in [1.82, 2.24) is 4.90 Å². The topological polar surface area (TPSA) is 46.3 Å². The Labute approximate surface area is 115 Å². The minimum atomic E-state index is -0.249. The first-order valence-corrected chi connectivity index (χ1v) is 6.37. The number of hydrogen-bond acceptors (Lipinski definition) is 2. The van der Waals surface area contributed by atoms with Crippen LogP contribution < -0.4 is 5.73 Å². The van der Waals surface area contributed by atoms with Crippen molar-refractivity contribution in [2.45, 2.75) is 19.9 Å². The highest BCUT2D eigenvalue weighted by Gasteiger charge is 2.19. The monoisotopic (exact) mass is 314 g/mol. The van der Waals surface area contributed by atoms with Crippen molar-refractivity contribution in [3.05, 3.63) is 33.8 Å². The molecule has 1 aromatic carbocycles. The minimum Gasteiger partial charge on any atom is -0.392 e. The summed E-state index contributed by atoms with van der Waals surface area (Å²) in [6.45, 7) is 3.75. The molecular formula is C12H15BrN2OS. The van der Waals surface area contributed by atoms with Crippen molar-refractivity contribution in [2.24, 2.45) is 5.73 Å². The van der Waals surface area contributed by atoms with Crippen molar-refractivity contribution in [3.63, 3.8) is 0 Å². The summed E-state index contributed by atoms with van der Waals surface area (Å²) in [5, 5.41) is 0. The maximum atomic E-state index is 12.1. The second-order valence-corrected chi connectivity index (χ2v) is 5.28. The molecule has 0 heterocycles. The largest absolute Gasteiger partial charge is 0.392 e. The summed E-state index contributed by atoms with van der Waals surface area (Å²) in [5.41, 5.74) is 7.19. The molecule has 5 heteroatoms. The molecule has 1 amide bonds. The second kappa shape index (κ2) is 5.60. The van der Waals surface area contributed by atoms with Gasteiger partial charge in [-0.15, -0.1) is 0 Å². The van der Waals surface area contributed by atoms with Crippen LogP contribution in [0.25, 0.3) is 0 Å². The second-order valence-electron chi connectivity index (χ2n) is 3.96. The van der Waals surface area contributed by atoms with Crippen LogP contribution in [0.15, 0.2) is 22.7 Å². The van der Waals surface area contributed by atoms with Crippen molar-refractivity contribution in [3.8, 4) is 0 Å². The van der Waals surface area contributed by atoms with Gasteiger partial charge < -0.3 is 10.6 Å². The molecule has 1 rings (SSSR count). The van der Waals surface area contributed by atoms with E-state index in [0.29, 0.717) is 10.6 Å². The summed E-state index contributed by atoms with van der Waals surface area (Å²) >= 11 is 8.29. The molecule has 0 aliphatic rings.